The summed E-state index contributed by atoms with van der Waals surface area (Å²) >= 11 is 11.8. The van der Waals surface area contributed by atoms with E-state index in [1.165, 1.54) is 0 Å². The number of benzene rings is 2. The molecule has 2 aromatic carbocycles. The average Bonchev–Trinajstić information content (AvgIpc) is 2.49. The number of hydrogen-bond donors (Lipinski definition) is 2. The molecule has 0 heterocycles. The van der Waals surface area contributed by atoms with Crippen molar-refractivity contribution in [2.45, 2.75) is 13.3 Å². The summed E-state index contributed by atoms with van der Waals surface area (Å²) in [5.41, 5.74) is 1.15. The van der Waals surface area contributed by atoms with Gasteiger partial charge in [-0.1, -0.05) is 30.1 Å². The van der Waals surface area contributed by atoms with Crippen LogP contribution in [0, 0.1) is 0 Å². The third-order valence-electron chi connectivity index (χ3n) is 2.76. The van der Waals surface area contributed by atoms with Crippen molar-refractivity contribution in [1.29, 1.82) is 0 Å². The zero-order valence-corrected chi connectivity index (χ0v) is 13.5. The van der Waals surface area contributed by atoms with Crippen molar-refractivity contribution in [1.82, 2.24) is 0 Å². The van der Waals surface area contributed by atoms with Crippen LogP contribution in [0.5, 0.6) is 5.75 Å². The van der Waals surface area contributed by atoms with Gasteiger partial charge in [0.25, 0.3) is 0 Å². The lowest BCUT2D eigenvalue weighted by Crippen LogP contribution is -2.19. The van der Waals surface area contributed by atoms with Gasteiger partial charge in [-0.25, -0.2) is 4.79 Å². The molecule has 0 bridgehead atoms. The molecule has 0 aliphatic heterocycles. The number of carbonyl (C=O) groups is 1. The third kappa shape index (κ3) is 4.83. The second-order valence-electron chi connectivity index (χ2n) is 4.58. The molecular weight excluding hydrogens is 323 g/mol. The monoisotopic (exact) mass is 338 g/mol. The maximum Gasteiger partial charge on any atom is 0.323 e. The van der Waals surface area contributed by atoms with Crippen LogP contribution in [0.3, 0.4) is 0 Å². The molecule has 2 N–H and O–H groups in total. The number of carbonyl (C=O) groups excluding carboxylic acids is 1. The van der Waals surface area contributed by atoms with Gasteiger partial charge in [0.1, 0.15) is 5.75 Å². The summed E-state index contributed by atoms with van der Waals surface area (Å²) in [6.07, 6.45) is 0.949. The van der Waals surface area contributed by atoms with Crippen molar-refractivity contribution >= 4 is 40.6 Å². The van der Waals surface area contributed by atoms with E-state index in [0.717, 1.165) is 12.2 Å². The van der Waals surface area contributed by atoms with E-state index in [1.807, 2.05) is 6.92 Å². The number of rotatable bonds is 5. The van der Waals surface area contributed by atoms with E-state index in [1.54, 1.807) is 42.5 Å². The maximum absolute atomic E-state index is 11.9. The van der Waals surface area contributed by atoms with E-state index in [9.17, 15) is 4.79 Å². The first-order chi connectivity index (χ1) is 10.6. The number of halogens is 2. The lowest BCUT2D eigenvalue weighted by atomic mass is 10.3. The first-order valence-corrected chi connectivity index (χ1v) is 7.60. The molecule has 2 amide bonds. The number of amides is 2. The Morgan fingerprint density at radius 2 is 1.82 bits per heavy atom. The number of hydrogen-bond acceptors (Lipinski definition) is 2. The van der Waals surface area contributed by atoms with Gasteiger partial charge in [-0.05, 0) is 48.9 Å². The lowest BCUT2D eigenvalue weighted by Gasteiger charge is -2.10. The average molecular weight is 339 g/mol. The number of nitrogens with one attached hydrogen (secondary N) is 2. The summed E-state index contributed by atoms with van der Waals surface area (Å²) in [5.74, 6) is 0.772. The van der Waals surface area contributed by atoms with Crippen LogP contribution in [0.25, 0.3) is 0 Å². The Kier molecular flexibility index (Phi) is 5.92. The minimum absolute atomic E-state index is 0.381. The molecule has 0 spiro atoms. The second-order valence-corrected chi connectivity index (χ2v) is 5.42. The summed E-state index contributed by atoms with van der Waals surface area (Å²) in [7, 11) is 0. The fourth-order valence-electron chi connectivity index (χ4n) is 1.73. The van der Waals surface area contributed by atoms with Crippen molar-refractivity contribution in [3.63, 3.8) is 0 Å². The summed E-state index contributed by atoms with van der Waals surface area (Å²) in [6, 6.07) is 11.6. The maximum atomic E-state index is 11.9. The van der Waals surface area contributed by atoms with Crippen molar-refractivity contribution in [3.05, 3.63) is 52.5 Å². The quantitative estimate of drug-likeness (QED) is 0.763. The molecule has 2 rings (SSSR count). The van der Waals surface area contributed by atoms with Gasteiger partial charge in [0.2, 0.25) is 0 Å². The first-order valence-electron chi connectivity index (χ1n) is 6.84. The summed E-state index contributed by atoms with van der Waals surface area (Å²) in [4.78, 5) is 11.9. The van der Waals surface area contributed by atoms with E-state index < -0.39 is 0 Å². The van der Waals surface area contributed by atoms with Gasteiger partial charge < -0.3 is 15.4 Å². The van der Waals surface area contributed by atoms with Crippen LogP contribution in [0.4, 0.5) is 16.2 Å². The SMILES string of the molecule is CCCOc1ccc(NC(=O)Nc2ccc(Cl)cc2Cl)cc1. The highest BCUT2D eigenvalue weighted by atomic mass is 35.5. The van der Waals surface area contributed by atoms with Crippen LogP contribution in [-0.4, -0.2) is 12.6 Å². The molecule has 0 radical (unpaired) electrons. The van der Waals surface area contributed by atoms with Crippen LogP contribution in [0.15, 0.2) is 42.5 Å². The Balaban J connectivity index is 1.94. The third-order valence-corrected chi connectivity index (χ3v) is 3.31. The molecule has 0 fully saturated rings. The standard InChI is InChI=1S/C16H16Cl2N2O2/c1-2-9-22-13-6-4-12(5-7-13)19-16(21)20-15-8-3-11(17)10-14(15)18/h3-8,10H,2,9H2,1H3,(H2,19,20,21). The predicted octanol–water partition coefficient (Wildman–Crippen LogP) is 5.43. The van der Waals surface area contributed by atoms with Crippen molar-refractivity contribution in [2.24, 2.45) is 0 Å². The topological polar surface area (TPSA) is 50.4 Å². The highest BCUT2D eigenvalue weighted by Gasteiger charge is 2.06. The first kappa shape index (κ1) is 16.5. The van der Waals surface area contributed by atoms with E-state index >= 15 is 0 Å². The summed E-state index contributed by atoms with van der Waals surface area (Å²) in [5, 5.41) is 6.27. The van der Waals surface area contributed by atoms with Crippen LogP contribution < -0.4 is 15.4 Å². The molecule has 116 valence electrons. The molecule has 22 heavy (non-hydrogen) atoms. The Bertz CT molecular complexity index is 645. The van der Waals surface area contributed by atoms with Gasteiger partial charge >= 0.3 is 6.03 Å². The highest BCUT2D eigenvalue weighted by Crippen LogP contribution is 2.25. The van der Waals surface area contributed by atoms with E-state index in [2.05, 4.69) is 10.6 Å². The zero-order chi connectivity index (χ0) is 15.9. The molecule has 0 saturated carbocycles. The molecule has 0 aliphatic carbocycles. The van der Waals surface area contributed by atoms with Crippen molar-refractivity contribution in [2.75, 3.05) is 17.2 Å². The Morgan fingerprint density at radius 1 is 1.09 bits per heavy atom. The van der Waals surface area contributed by atoms with Gasteiger partial charge in [0.15, 0.2) is 0 Å². The molecule has 0 atom stereocenters. The summed E-state index contributed by atoms with van der Waals surface area (Å²) < 4.78 is 5.48. The molecule has 4 nitrogen and oxygen atoms in total. The minimum atomic E-state index is -0.383. The van der Waals surface area contributed by atoms with Crippen LogP contribution in [0.1, 0.15) is 13.3 Å². The van der Waals surface area contributed by atoms with Gasteiger partial charge in [0.05, 0.1) is 17.3 Å². The lowest BCUT2D eigenvalue weighted by molar-refractivity contribution is 0.262. The summed E-state index contributed by atoms with van der Waals surface area (Å²) in [6.45, 7) is 2.71. The number of urea groups is 1. The highest BCUT2D eigenvalue weighted by molar-refractivity contribution is 6.36. The Morgan fingerprint density at radius 3 is 2.45 bits per heavy atom. The molecule has 0 aromatic heterocycles. The molecule has 2 aromatic rings. The second kappa shape index (κ2) is 7.92. The largest absolute Gasteiger partial charge is 0.494 e. The fraction of sp³-hybridized carbons (Fsp3) is 0.188. The smallest absolute Gasteiger partial charge is 0.323 e. The normalized spacial score (nSPS) is 10.1. The van der Waals surface area contributed by atoms with E-state index in [0.29, 0.717) is 28.0 Å². The molecule has 0 unspecified atom stereocenters. The Labute approximate surface area is 139 Å². The fourth-order valence-corrected chi connectivity index (χ4v) is 2.19. The molecule has 6 heteroatoms. The van der Waals surface area contributed by atoms with Crippen molar-refractivity contribution < 1.29 is 9.53 Å². The van der Waals surface area contributed by atoms with Crippen molar-refractivity contribution in [3.8, 4) is 5.75 Å². The minimum Gasteiger partial charge on any atom is -0.494 e. The van der Waals surface area contributed by atoms with E-state index in [4.69, 9.17) is 27.9 Å². The van der Waals surface area contributed by atoms with Crippen LogP contribution in [0.2, 0.25) is 10.0 Å². The zero-order valence-electron chi connectivity index (χ0n) is 12.0. The van der Waals surface area contributed by atoms with Crippen LogP contribution in [-0.2, 0) is 0 Å². The Hall–Kier alpha value is -1.91. The number of anilines is 2. The van der Waals surface area contributed by atoms with Gasteiger partial charge in [0, 0.05) is 10.7 Å². The molecule has 0 aliphatic rings. The van der Waals surface area contributed by atoms with Gasteiger partial charge in [-0.3, -0.25) is 0 Å². The predicted molar refractivity (Wildman–Crippen MR) is 91.3 cm³/mol. The van der Waals surface area contributed by atoms with Gasteiger partial charge in [-0.15, -0.1) is 0 Å². The van der Waals surface area contributed by atoms with Gasteiger partial charge in [-0.2, -0.15) is 0 Å². The molecular formula is C16H16Cl2N2O2. The van der Waals surface area contributed by atoms with Crippen LogP contribution >= 0.6 is 23.2 Å². The molecule has 0 saturated heterocycles. The van der Waals surface area contributed by atoms with E-state index in [-0.39, 0.29) is 6.03 Å². The number of ether oxygens (including phenoxy) is 1.